The highest BCUT2D eigenvalue weighted by molar-refractivity contribution is 7.09. The molecule has 1 unspecified atom stereocenters. The summed E-state index contributed by atoms with van der Waals surface area (Å²) in [6.07, 6.45) is 1.47. The van der Waals surface area contributed by atoms with Gasteiger partial charge in [0.05, 0.1) is 12.2 Å². The largest absolute Gasteiger partial charge is 0.486 e. The quantitative estimate of drug-likeness (QED) is 0.591. The van der Waals surface area contributed by atoms with Crippen molar-refractivity contribution in [2.45, 2.75) is 72.6 Å². The van der Waals surface area contributed by atoms with E-state index >= 15 is 0 Å². The van der Waals surface area contributed by atoms with Crippen LogP contribution in [0.15, 0.2) is 29.6 Å². The lowest BCUT2D eigenvalue weighted by Crippen LogP contribution is -2.37. The molecule has 4 nitrogen and oxygen atoms in total. The fourth-order valence-electron chi connectivity index (χ4n) is 2.80. The van der Waals surface area contributed by atoms with Crippen molar-refractivity contribution in [3.8, 4) is 5.75 Å². The fraction of sp³-hybridized carbons (Fsp3) is 0.524. The zero-order valence-corrected chi connectivity index (χ0v) is 17.3. The molecule has 0 radical (unpaired) electrons. The summed E-state index contributed by atoms with van der Waals surface area (Å²) < 4.78 is 6.01. The van der Waals surface area contributed by atoms with E-state index in [-0.39, 0.29) is 11.9 Å². The van der Waals surface area contributed by atoms with Crippen molar-refractivity contribution >= 4 is 17.2 Å². The van der Waals surface area contributed by atoms with Crippen molar-refractivity contribution in [2.75, 3.05) is 0 Å². The average molecular weight is 375 g/mol. The number of aromatic nitrogens is 1. The molecule has 0 saturated carbocycles. The number of rotatable bonds is 9. The van der Waals surface area contributed by atoms with Crippen molar-refractivity contribution in [2.24, 2.45) is 0 Å². The Bertz CT molecular complexity index is 712. The van der Waals surface area contributed by atoms with Crippen LogP contribution in [0, 0.1) is 0 Å². The van der Waals surface area contributed by atoms with Crippen LogP contribution in [0.25, 0.3) is 0 Å². The minimum atomic E-state index is 0.177. The van der Waals surface area contributed by atoms with Gasteiger partial charge in [0.1, 0.15) is 17.4 Å². The number of thiazole rings is 1. The number of carbonyl (C=O) groups is 1. The molecule has 1 amide bonds. The van der Waals surface area contributed by atoms with Gasteiger partial charge in [-0.05, 0) is 30.9 Å². The SMILES string of the molecule is CCC(=O)N(Cc1csc(COc2ccccc2C(C)C)n1)C(C)CC. The van der Waals surface area contributed by atoms with Crippen LogP contribution in [0.4, 0.5) is 0 Å². The molecule has 142 valence electrons. The van der Waals surface area contributed by atoms with Gasteiger partial charge in [0.2, 0.25) is 5.91 Å². The summed E-state index contributed by atoms with van der Waals surface area (Å²) in [5, 5.41) is 2.97. The molecule has 0 spiro atoms. The third-order valence-electron chi connectivity index (χ3n) is 4.57. The van der Waals surface area contributed by atoms with E-state index in [1.165, 1.54) is 5.56 Å². The number of nitrogens with zero attached hydrogens (tertiary/aromatic N) is 2. The zero-order chi connectivity index (χ0) is 19.1. The van der Waals surface area contributed by atoms with E-state index < -0.39 is 0 Å². The molecule has 1 aromatic heterocycles. The van der Waals surface area contributed by atoms with E-state index in [1.54, 1.807) is 11.3 Å². The third kappa shape index (κ3) is 5.31. The number of carbonyl (C=O) groups excluding carboxylic acids is 1. The van der Waals surface area contributed by atoms with Gasteiger partial charge >= 0.3 is 0 Å². The monoisotopic (exact) mass is 374 g/mol. The van der Waals surface area contributed by atoms with Crippen LogP contribution in [-0.4, -0.2) is 21.8 Å². The lowest BCUT2D eigenvalue weighted by atomic mass is 10.0. The average Bonchev–Trinajstić information content (AvgIpc) is 3.10. The third-order valence-corrected chi connectivity index (χ3v) is 5.44. The van der Waals surface area contributed by atoms with Crippen LogP contribution in [0.5, 0.6) is 5.75 Å². The predicted octanol–water partition coefficient (Wildman–Crippen LogP) is 5.38. The molecule has 0 aliphatic heterocycles. The van der Waals surface area contributed by atoms with Gasteiger partial charge in [0.15, 0.2) is 0 Å². The van der Waals surface area contributed by atoms with Crippen LogP contribution in [-0.2, 0) is 17.9 Å². The Labute approximate surface area is 161 Å². The molecule has 0 saturated heterocycles. The van der Waals surface area contributed by atoms with E-state index in [0.717, 1.165) is 22.9 Å². The molecule has 5 heteroatoms. The summed E-state index contributed by atoms with van der Waals surface area (Å²) in [7, 11) is 0. The Kier molecular flexibility index (Phi) is 7.64. The maximum atomic E-state index is 12.2. The van der Waals surface area contributed by atoms with Crippen LogP contribution in [0.2, 0.25) is 0 Å². The number of amides is 1. The number of hydrogen-bond acceptors (Lipinski definition) is 4. The van der Waals surface area contributed by atoms with Gasteiger partial charge in [0.25, 0.3) is 0 Å². The van der Waals surface area contributed by atoms with Crippen LogP contribution < -0.4 is 4.74 Å². The van der Waals surface area contributed by atoms with Gasteiger partial charge < -0.3 is 9.64 Å². The summed E-state index contributed by atoms with van der Waals surface area (Å²) >= 11 is 1.59. The summed E-state index contributed by atoms with van der Waals surface area (Å²) in [5.41, 5.74) is 2.15. The molecule has 1 atom stereocenters. The molecule has 0 N–H and O–H groups in total. The topological polar surface area (TPSA) is 42.4 Å². The first-order valence-corrected chi connectivity index (χ1v) is 10.3. The molecule has 0 bridgehead atoms. The first-order valence-electron chi connectivity index (χ1n) is 9.40. The first kappa shape index (κ1) is 20.4. The molecule has 1 aromatic carbocycles. The number of hydrogen-bond donors (Lipinski definition) is 0. The van der Waals surface area contributed by atoms with Gasteiger partial charge in [-0.3, -0.25) is 4.79 Å². The van der Waals surface area contributed by atoms with E-state index in [9.17, 15) is 4.79 Å². The van der Waals surface area contributed by atoms with Crippen molar-refractivity contribution in [3.63, 3.8) is 0 Å². The minimum absolute atomic E-state index is 0.177. The van der Waals surface area contributed by atoms with Crippen LogP contribution in [0.3, 0.4) is 0 Å². The molecule has 0 aliphatic rings. The van der Waals surface area contributed by atoms with Crippen molar-refractivity contribution < 1.29 is 9.53 Å². The van der Waals surface area contributed by atoms with Gasteiger partial charge in [-0.25, -0.2) is 4.98 Å². The Morgan fingerprint density at radius 2 is 1.96 bits per heavy atom. The Morgan fingerprint density at radius 1 is 1.23 bits per heavy atom. The first-order chi connectivity index (χ1) is 12.5. The Morgan fingerprint density at radius 3 is 2.62 bits per heavy atom. The van der Waals surface area contributed by atoms with Crippen LogP contribution in [0.1, 0.15) is 69.6 Å². The number of ether oxygens (including phenoxy) is 1. The van der Waals surface area contributed by atoms with Gasteiger partial charge in [-0.1, -0.05) is 45.9 Å². The van der Waals surface area contributed by atoms with Gasteiger partial charge in [-0.15, -0.1) is 11.3 Å². The Balaban J connectivity index is 2.02. The van der Waals surface area contributed by atoms with Crippen molar-refractivity contribution in [1.82, 2.24) is 9.88 Å². The molecular weight excluding hydrogens is 344 g/mol. The summed E-state index contributed by atoms with van der Waals surface area (Å²) in [6.45, 7) is 11.5. The standard InChI is InChI=1S/C21H30N2O2S/c1-6-16(5)23(21(24)7-2)12-17-14-26-20(22-17)13-25-19-11-9-8-10-18(19)15(3)4/h8-11,14-16H,6-7,12-13H2,1-5H3. The van der Waals surface area contributed by atoms with Gasteiger partial charge in [0, 0.05) is 17.8 Å². The zero-order valence-electron chi connectivity index (χ0n) is 16.5. The van der Waals surface area contributed by atoms with E-state index in [0.29, 0.717) is 25.5 Å². The fourth-order valence-corrected chi connectivity index (χ4v) is 3.50. The lowest BCUT2D eigenvalue weighted by molar-refractivity contribution is -0.133. The van der Waals surface area contributed by atoms with Crippen LogP contribution >= 0.6 is 11.3 Å². The summed E-state index contributed by atoms with van der Waals surface area (Å²) in [5.74, 6) is 1.51. The highest BCUT2D eigenvalue weighted by atomic mass is 32.1. The van der Waals surface area contributed by atoms with E-state index in [4.69, 9.17) is 4.74 Å². The van der Waals surface area contributed by atoms with E-state index in [2.05, 4.69) is 38.7 Å². The van der Waals surface area contributed by atoms with Gasteiger partial charge in [-0.2, -0.15) is 0 Å². The molecule has 26 heavy (non-hydrogen) atoms. The molecule has 0 aliphatic carbocycles. The summed E-state index contributed by atoms with van der Waals surface area (Å²) in [4.78, 5) is 18.8. The minimum Gasteiger partial charge on any atom is -0.486 e. The second kappa shape index (κ2) is 9.72. The highest BCUT2D eigenvalue weighted by Crippen LogP contribution is 2.27. The van der Waals surface area contributed by atoms with Crippen molar-refractivity contribution in [3.05, 3.63) is 45.9 Å². The maximum Gasteiger partial charge on any atom is 0.222 e. The second-order valence-electron chi connectivity index (χ2n) is 6.85. The Hall–Kier alpha value is -1.88. The molecule has 1 heterocycles. The molecule has 0 fully saturated rings. The molecule has 2 rings (SSSR count). The van der Waals surface area contributed by atoms with E-state index in [1.807, 2.05) is 35.4 Å². The van der Waals surface area contributed by atoms with Crippen molar-refractivity contribution in [1.29, 1.82) is 0 Å². The second-order valence-corrected chi connectivity index (χ2v) is 7.79. The number of para-hydroxylation sites is 1. The smallest absolute Gasteiger partial charge is 0.222 e. The maximum absolute atomic E-state index is 12.2. The lowest BCUT2D eigenvalue weighted by Gasteiger charge is -2.27. The molecule has 2 aromatic rings. The normalized spacial score (nSPS) is 12.2. The predicted molar refractivity (Wildman–Crippen MR) is 108 cm³/mol. The highest BCUT2D eigenvalue weighted by Gasteiger charge is 2.19. The number of benzene rings is 1. The molecular formula is C21H30N2O2S. The summed E-state index contributed by atoms with van der Waals surface area (Å²) in [6, 6.07) is 8.37.